The lowest BCUT2D eigenvalue weighted by Crippen LogP contribution is -2.35. The van der Waals surface area contributed by atoms with Crippen molar-refractivity contribution >= 4 is 11.7 Å². The Morgan fingerprint density at radius 3 is 2.72 bits per heavy atom. The molecule has 0 aromatic carbocycles. The molecular formula is C13H15N3O2. The number of pyridine rings is 1. The van der Waals surface area contributed by atoms with E-state index < -0.39 is 11.4 Å². The van der Waals surface area contributed by atoms with Crippen LogP contribution >= 0.6 is 0 Å². The van der Waals surface area contributed by atoms with Gasteiger partial charge in [0, 0.05) is 6.54 Å². The predicted molar refractivity (Wildman–Crippen MR) is 66.0 cm³/mol. The van der Waals surface area contributed by atoms with E-state index in [1.54, 1.807) is 18.3 Å². The number of nitrogens with one attached hydrogen (secondary N) is 1. The summed E-state index contributed by atoms with van der Waals surface area (Å²) in [5.41, 5.74) is 0.462. The number of hydrogen-bond acceptors (Lipinski definition) is 4. The number of carboxylic acids is 1. The van der Waals surface area contributed by atoms with Crippen molar-refractivity contribution in [2.75, 3.05) is 11.9 Å². The monoisotopic (exact) mass is 245 g/mol. The van der Waals surface area contributed by atoms with Crippen molar-refractivity contribution in [1.82, 2.24) is 4.98 Å². The van der Waals surface area contributed by atoms with Gasteiger partial charge in [-0.05, 0) is 25.0 Å². The molecule has 1 fully saturated rings. The molecule has 0 radical (unpaired) electrons. The molecule has 0 bridgehead atoms. The van der Waals surface area contributed by atoms with Crippen molar-refractivity contribution in [3.8, 4) is 6.07 Å². The second-order valence-electron chi connectivity index (χ2n) is 4.69. The third kappa shape index (κ3) is 2.43. The molecule has 5 heteroatoms. The number of aromatic nitrogens is 1. The predicted octanol–water partition coefficient (Wildman–Crippen LogP) is 2.01. The van der Waals surface area contributed by atoms with Gasteiger partial charge in [0.1, 0.15) is 11.8 Å². The van der Waals surface area contributed by atoms with Crippen LogP contribution in [0, 0.1) is 16.7 Å². The molecule has 1 heterocycles. The van der Waals surface area contributed by atoms with Crippen molar-refractivity contribution < 1.29 is 9.90 Å². The standard InChI is InChI=1S/C13H15N3O2/c14-7-10-3-4-11(8-15-10)16-9-13(12(17)18)5-1-2-6-13/h3-4,8,16H,1-2,5-6,9H2,(H,17,18). The highest BCUT2D eigenvalue weighted by Gasteiger charge is 2.40. The first-order valence-electron chi connectivity index (χ1n) is 6.00. The Labute approximate surface area is 105 Å². The Bertz CT molecular complexity index is 470. The molecular weight excluding hydrogens is 230 g/mol. The molecule has 0 saturated heterocycles. The van der Waals surface area contributed by atoms with Crippen LogP contribution < -0.4 is 5.32 Å². The number of nitriles is 1. The maximum atomic E-state index is 11.3. The summed E-state index contributed by atoms with van der Waals surface area (Å²) in [7, 11) is 0. The summed E-state index contributed by atoms with van der Waals surface area (Å²) in [6, 6.07) is 5.31. The molecule has 2 N–H and O–H groups in total. The Morgan fingerprint density at radius 1 is 1.50 bits per heavy atom. The van der Waals surface area contributed by atoms with Gasteiger partial charge in [0.25, 0.3) is 0 Å². The summed E-state index contributed by atoms with van der Waals surface area (Å²) in [6.45, 7) is 0.413. The van der Waals surface area contributed by atoms with Crippen LogP contribution in [0.25, 0.3) is 0 Å². The molecule has 0 aliphatic heterocycles. The van der Waals surface area contributed by atoms with Crippen molar-refractivity contribution in [2.24, 2.45) is 5.41 Å². The second kappa shape index (κ2) is 5.05. The zero-order valence-corrected chi connectivity index (χ0v) is 10.0. The summed E-state index contributed by atoms with van der Waals surface area (Å²) >= 11 is 0. The van der Waals surface area contributed by atoms with E-state index in [0.29, 0.717) is 12.2 Å². The number of carboxylic acid groups (broad SMARTS) is 1. The van der Waals surface area contributed by atoms with Gasteiger partial charge in [0.2, 0.25) is 0 Å². The molecule has 1 aromatic heterocycles. The van der Waals surface area contributed by atoms with Crippen LogP contribution in [0.2, 0.25) is 0 Å². The van der Waals surface area contributed by atoms with Crippen LogP contribution in [0.4, 0.5) is 5.69 Å². The Balaban J connectivity index is 2.01. The van der Waals surface area contributed by atoms with Gasteiger partial charge in [-0.15, -0.1) is 0 Å². The van der Waals surface area contributed by atoms with Gasteiger partial charge >= 0.3 is 5.97 Å². The van der Waals surface area contributed by atoms with E-state index >= 15 is 0 Å². The van der Waals surface area contributed by atoms with Gasteiger partial charge in [-0.2, -0.15) is 5.26 Å². The lowest BCUT2D eigenvalue weighted by atomic mass is 9.86. The van der Waals surface area contributed by atoms with Gasteiger partial charge in [-0.25, -0.2) is 4.98 Å². The zero-order valence-electron chi connectivity index (χ0n) is 10.0. The van der Waals surface area contributed by atoms with E-state index in [9.17, 15) is 9.90 Å². The molecule has 1 aliphatic carbocycles. The molecule has 2 rings (SSSR count). The summed E-state index contributed by atoms with van der Waals surface area (Å²) in [6.07, 6.45) is 4.94. The van der Waals surface area contributed by atoms with Gasteiger partial charge in [-0.3, -0.25) is 4.79 Å². The SMILES string of the molecule is N#Cc1ccc(NCC2(C(=O)O)CCCC2)cn1. The fraction of sp³-hybridized carbons (Fsp3) is 0.462. The minimum Gasteiger partial charge on any atom is -0.481 e. The van der Waals surface area contributed by atoms with Crippen molar-refractivity contribution in [2.45, 2.75) is 25.7 Å². The fourth-order valence-electron chi connectivity index (χ4n) is 2.35. The number of rotatable bonds is 4. The van der Waals surface area contributed by atoms with E-state index in [2.05, 4.69) is 10.3 Å². The molecule has 0 unspecified atom stereocenters. The van der Waals surface area contributed by atoms with Crippen LogP contribution in [0.5, 0.6) is 0 Å². The van der Waals surface area contributed by atoms with E-state index in [1.807, 2.05) is 6.07 Å². The number of anilines is 1. The highest BCUT2D eigenvalue weighted by atomic mass is 16.4. The Morgan fingerprint density at radius 2 is 2.22 bits per heavy atom. The fourth-order valence-corrected chi connectivity index (χ4v) is 2.35. The highest BCUT2D eigenvalue weighted by Crippen LogP contribution is 2.38. The quantitative estimate of drug-likeness (QED) is 0.847. The first-order chi connectivity index (χ1) is 8.66. The van der Waals surface area contributed by atoms with Crippen LogP contribution in [-0.2, 0) is 4.79 Å². The third-order valence-corrected chi connectivity index (χ3v) is 3.52. The minimum atomic E-state index is -0.728. The molecule has 1 saturated carbocycles. The van der Waals surface area contributed by atoms with E-state index in [1.165, 1.54) is 0 Å². The third-order valence-electron chi connectivity index (χ3n) is 3.52. The average molecular weight is 245 g/mol. The lowest BCUT2D eigenvalue weighted by molar-refractivity contribution is -0.147. The van der Waals surface area contributed by atoms with Gasteiger partial charge in [0.05, 0.1) is 17.3 Å². The number of carbonyl (C=O) groups is 1. The summed E-state index contributed by atoms with van der Waals surface area (Å²) in [5, 5.41) is 21.1. The van der Waals surface area contributed by atoms with Gasteiger partial charge < -0.3 is 10.4 Å². The summed E-state index contributed by atoms with van der Waals surface area (Å²) in [5.74, 6) is -0.728. The van der Waals surface area contributed by atoms with Crippen molar-refractivity contribution in [1.29, 1.82) is 5.26 Å². The number of aliphatic carboxylic acids is 1. The Hall–Kier alpha value is -2.09. The molecule has 94 valence electrons. The number of nitrogens with zero attached hydrogens (tertiary/aromatic N) is 2. The summed E-state index contributed by atoms with van der Waals surface area (Å²) < 4.78 is 0. The van der Waals surface area contributed by atoms with Gasteiger partial charge in [0.15, 0.2) is 0 Å². The maximum Gasteiger partial charge on any atom is 0.311 e. The largest absolute Gasteiger partial charge is 0.481 e. The first-order valence-corrected chi connectivity index (χ1v) is 6.00. The average Bonchev–Trinajstić information content (AvgIpc) is 2.87. The number of hydrogen-bond donors (Lipinski definition) is 2. The van der Waals surface area contributed by atoms with E-state index in [0.717, 1.165) is 31.4 Å². The first kappa shape index (κ1) is 12.4. The lowest BCUT2D eigenvalue weighted by Gasteiger charge is -2.24. The van der Waals surface area contributed by atoms with E-state index in [4.69, 9.17) is 5.26 Å². The van der Waals surface area contributed by atoms with E-state index in [-0.39, 0.29) is 0 Å². The maximum absolute atomic E-state index is 11.3. The molecule has 1 aromatic rings. The molecule has 0 amide bonds. The van der Waals surface area contributed by atoms with Gasteiger partial charge in [-0.1, -0.05) is 12.8 Å². The second-order valence-corrected chi connectivity index (χ2v) is 4.69. The normalized spacial score (nSPS) is 17.1. The van der Waals surface area contributed by atoms with Crippen LogP contribution in [0.15, 0.2) is 18.3 Å². The summed E-state index contributed by atoms with van der Waals surface area (Å²) in [4.78, 5) is 15.3. The van der Waals surface area contributed by atoms with Crippen LogP contribution in [0.3, 0.4) is 0 Å². The van der Waals surface area contributed by atoms with Crippen molar-refractivity contribution in [3.05, 3.63) is 24.0 Å². The minimum absolute atomic E-state index is 0.356. The molecule has 18 heavy (non-hydrogen) atoms. The molecule has 0 spiro atoms. The Kier molecular flexibility index (Phi) is 3.47. The van der Waals surface area contributed by atoms with Crippen LogP contribution in [0.1, 0.15) is 31.4 Å². The van der Waals surface area contributed by atoms with Crippen LogP contribution in [-0.4, -0.2) is 22.6 Å². The highest BCUT2D eigenvalue weighted by molar-refractivity contribution is 5.76. The molecule has 0 atom stereocenters. The van der Waals surface area contributed by atoms with Crippen molar-refractivity contribution in [3.63, 3.8) is 0 Å². The molecule has 1 aliphatic rings. The zero-order chi connectivity index (χ0) is 13.0. The topological polar surface area (TPSA) is 86.0 Å². The smallest absolute Gasteiger partial charge is 0.311 e. The molecule has 5 nitrogen and oxygen atoms in total.